The van der Waals surface area contributed by atoms with Crippen molar-refractivity contribution in [2.75, 3.05) is 5.32 Å². The molecule has 0 spiro atoms. The molecule has 0 radical (unpaired) electrons. The van der Waals surface area contributed by atoms with Crippen LogP contribution in [0.5, 0.6) is 0 Å². The molecule has 1 amide bonds. The second kappa shape index (κ2) is 7.96. The fourth-order valence-electron chi connectivity index (χ4n) is 2.16. The maximum atomic E-state index is 12.6. The zero-order valence-electron chi connectivity index (χ0n) is 13.0. The summed E-state index contributed by atoms with van der Waals surface area (Å²) < 4.78 is 0.862. The number of nitrogens with zero attached hydrogens (tertiary/aromatic N) is 1. The Morgan fingerprint density at radius 1 is 1.21 bits per heavy atom. The molecule has 2 aromatic carbocycles. The van der Waals surface area contributed by atoms with E-state index in [4.69, 9.17) is 0 Å². The minimum Gasteiger partial charge on any atom is -0.321 e. The Morgan fingerprint density at radius 3 is 2.71 bits per heavy atom. The van der Waals surface area contributed by atoms with Crippen molar-refractivity contribution in [1.82, 2.24) is 4.98 Å². The fraction of sp³-hybridized carbons (Fsp3) is 0.111. The molecule has 0 aliphatic heterocycles. The molecule has 3 aromatic rings. The molecule has 0 fully saturated rings. The zero-order valence-corrected chi connectivity index (χ0v) is 16.2. The average Bonchev–Trinajstić information content (AvgIpc) is 3.01. The Kier molecular flexibility index (Phi) is 5.71. The summed E-state index contributed by atoms with van der Waals surface area (Å²) in [4.78, 5) is 18.1. The van der Waals surface area contributed by atoms with Gasteiger partial charge in [0.2, 0.25) is 0 Å². The Hall–Kier alpha value is -1.63. The number of nitrogens with one attached hydrogen (secondary N) is 1. The van der Waals surface area contributed by atoms with E-state index in [1.165, 1.54) is 0 Å². The fourth-order valence-corrected chi connectivity index (χ4v) is 4.20. The van der Waals surface area contributed by atoms with E-state index in [2.05, 4.69) is 31.6 Å². The number of halogens is 1. The van der Waals surface area contributed by atoms with Gasteiger partial charge >= 0.3 is 0 Å². The summed E-state index contributed by atoms with van der Waals surface area (Å²) in [7, 11) is 0. The number of rotatable bonds is 5. The Labute approximate surface area is 157 Å². The number of thioether (sulfide) groups is 1. The SMILES string of the molecule is Cc1nc(CSc2ccccc2C(=O)Nc2ccccc2Br)cs1. The first-order chi connectivity index (χ1) is 11.6. The van der Waals surface area contributed by atoms with Crippen LogP contribution < -0.4 is 5.32 Å². The van der Waals surface area contributed by atoms with Gasteiger partial charge in [0.25, 0.3) is 5.91 Å². The number of thiazole rings is 1. The molecule has 1 heterocycles. The maximum absolute atomic E-state index is 12.6. The lowest BCUT2D eigenvalue weighted by Gasteiger charge is -2.10. The molecule has 1 N–H and O–H groups in total. The second-order valence-electron chi connectivity index (χ2n) is 5.08. The Bertz CT molecular complexity index is 863. The third kappa shape index (κ3) is 4.26. The number of para-hydroxylation sites is 1. The van der Waals surface area contributed by atoms with Gasteiger partial charge in [-0.15, -0.1) is 23.1 Å². The number of aryl methyl sites for hydroxylation is 1. The standard InChI is InChI=1S/C18H15BrN2OS2/c1-12-20-13(10-23-12)11-24-17-9-5-2-6-14(17)18(22)21-16-8-4-3-7-15(16)19/h2-10H,11H2,1H3,(H,21,22). The lowest BCUT2D eigenvalue weighted by molar-refractivity contribution is 0.102. The molecule has 122 valence electrons. The van der Waals surface area contributed by atoms with Gasteiger partial charge in [-0.3, -0.25) is 4.79 Å². The summed E-state index contributed by atoms with van der Waals surface area (Å²) >= 11 is 6.73. The molecule has 0 unspecified atom stereocenters. The first kappa shape index (κ1) is 17.2. The van der Waals surface area contributed by atoms with Crippen molar-refractivity contribution >= 4 is 50.6 Å². The Balaban J connectivity index is 1.75. The summed E-state index contributed by atoms with van der Waals surface area (Å²) in [5.74, 6) is 0.642. The second-order valence-corrected chi connectivity index (χ2v) is 8.01. The molecule has 0 bridgehead atoms. The first-order valence-corrected chi connectivity index (χ1v) is 9.98. The van der Waals surface area contributed by atoms with E-state index >= 15 is 0 Å². The monoisotopic (exact) mass is 418 g/mol. The number of carbonyl (C=O) groups is 1. The highest BCUT2D eigenvalue weighted by Gasteiger charge is 2.13. The van der Waals surface area contributed by atoms with Crippen LogP contribution in [-0.2, 0) is 5.75 Å². The molecular formula is C18H15BrN2OS2. The topological polar surface area (TPSA) is 42.0 Å². The van der Waals surface area contributed by atoms with Gasteiger partial charge in [0.1, 0.15) is 0 Å². The highest BCUT2D eigenvalue weighted by atomic mass is 79.9. The third-order valence-corrected chi connectivity index (χ3v) is 5.92. The molecule has 6 heteroatoms. The molecular weight excluding hydrogens is 404 g/mol. The predicted molar refractivity (Wildman–Crippen MR) is 105 cm³/mol. The average molecular weight is 419 g/mol. The minimum atomic E-state index is -0.112. The summed E-state index contributed by atoms with van der Waals surface area (Å²) in [5.41, 5.74) is 2.48. The number of hydrogen-bond acceptors (Lipinski definition) is 4. The number of anilines is 1. The maximum Gasteiger partial charge on any atom is 0.256 e. The lowest BCUT2D eigenvalue weighted by atomic mass is 10.2. The van der Waals surface area contributed by atoms with E-state index in [0.717, 1.165) is 31.5 Å². The molecule has 3 rings (SSSR count). The van der Waals surface area contributed by atoms with Gasteiger partial charge in [-0.05, 0) is 47.1 Å². The number of benzene rings is 2. The Morgan fingerprint density at radius 2 is 1.96 bits per heavy atom. The van der Waals surface area contributed by atoms with Crippen LogP contribution in [0.15, 0.2) is 63.3 Å². The number of aromatic nitrogens is 1. The van der Waals surface area contributed by atoms with Gasteiger partial charge in [-0.25, -0.2) is 4.98 Å². The van der Waals surface area contributed by atoms with Crippen LogP contribution in [0.2, 0.25) is 0 Å². The highest BCUT2D eigenvalue weighted by Crippen LogP contribution is 2.28. The van der Waals surface area contributed by atoms with Crippen molar-refractivity contribution in [1.29, 1.82) is 0 Å². The lowest BCUT2D eigenvalue weighted by Crippen LogP contribution is -2.13. The van der Waals surface area contributed by atoms with Crippen molar-refractivity contribution in [2.45, 2.75) is 17.6 Å². The van der Waals surface area contributed by atoms with E-state index in [9.17, 15) is 4.79 Å². The van der Waals surface area contributed by atoms with Crippen molar-refractivity contribution in [2.24, 2.45) is 0 Å². The van der Waals surface area contributed by atoms with Crippen molar-refractivity contribution in [3.63, 3.8) is 0 Å². The van der Waals surface area contributed by atoms with Crippen molar-refractivity contribution in [3.8, 4) is 0 Å². The van der Waals surface area contributed by atoms with Gasteiger partial charge < -0.3 is 5.32 Å². The predicted octanol–water partition coefficient (Wildman–Crippen LogP) is 5.76. The summed E-state index contributed by atoms with van der Waals surface area (Å²) in [6, 6.07) is 15.2. The van der Waals surface area contributed by atoms with Gasteiger partial charge in [0, 0.05) is 20.5 Å². The van der Waals surface area contributed by atoms with Crippen LogP contribution in [0.4, 0.5) is 5.69 Å². The van der Waals surface area contributed by atoms with Gasteiger partial charge in [0.15, 0.2) is 0 Å². The van der Waals surface area contributed by atoms with E-state index in [-0.39, 0.29) is 5.91 Å². The molecule has 0 saturated carbocycles. The number of amides is 1. The molecule has 0 aliphatic carbocycles. The van der Waals surface area contributed by atoms with Gasteiger partial charge in [-0.1, -0.05) is 24.3 Å². The molecule has 0 aliphatic rings. The van der Waals surface area contributed by atoms with Crippen LogP contribution in [0.3, 0.4) is 0 Å². The van der Waals surface area contributed by atoms with E-state index in [1.54, 1.807) is 23.1 Å². The normalized spacial score (nSPS) is 10.6. The van der Waals surface area contributed by atoms with Crippen LogP contribution in [0, 0.1) is 6.92 Å². The highest BCUT2D eigenvalue weighted by molar-refractivity contribution is 9.10. The van der Waals surface area contributed by atoms with E-state index in [0.29, 0.717) is 5.56 Å². The molecule has 1 aromatic heterocycles. The summed E-state index contributed by atoms with van der Waals surface area (Å²) in [5, 5.41) is 6.08. The van der Waals surface area contributed by atoms with Crippen LogP contribution in [-0.4, -0.2) is 10.9 Å². The summed E-state index contributed by atoms with van der Waals surface area (Å²) in [6.07, 6.45) is 0. The van der Waals surface area contributed by atoms with Crippen LogP contribution in [0.1, 0.15) is 21.1 Å². The smallest absolute Gasteiger partial charge is 0.256 e. The van der Waals surface area contributed by atoms with Gasteiger partial charge in [0.05, 0.1) is 22.0 Å². The van der Waals surface area contributed by atoms with Crippen molar-refractivity contribution in [3.05, 3.63) is 74.6 Å². The van der Waals surface area contributed by atoms with E-state index < -0.39 is 0 Å². The quantitative estimate of drug-likeness (QED) is 0.535. The van der Waals surface area contributed by atoms with Crippen LogP contribution in [0.25, 0.3) is 0 Å². The number of hydrogen-bond donors (Lipinski definition) is 1. The number of carbonyl (C=O) groups excluding carboxylic acids is 1. The molecule has 0 atom stereocenters. The summed E-state index contributed by atoms with van der Waals surface area (Å²) in [6.45, 7) is 2.00. The largest absolute Gasteiger partial charge is 0.321 e. The van der Waals surface area contributed by atoms with E-state index in [1.807, 2.05) is 55.5 Å². The molecule has 24 heavy (non-hydrogen) atoms. The van der Waals surface area contributed by atoms with Crippen molar-refractivity contribution < 1.29 is 4.79 Å². The molecule has 3 nitrogen and oxygen atoms in total. The molecule has 0 saturated heterocycles. The van der Waals surface area contributed by atoms with Crippen LogP contribution >= 0.6 is 39.0 Å². The minimum absolute atomic E-state index is 0.112. The first-order valence-electron chi connectivity index (χ1n) is 7.32. The zero-order chi connectivity index (χ0) is 16.9. The van der Waals surface area contributed by atoms with Gasteiger partial charge in [-0.2, -0.15) is 0 Å². The third-order valence-electron chi connectivity index (χ3n) is 3.30.